The van der Waals surface area contributed by atoms with E-state index in [-0.39, 0.29) is 5.78 Å². The van der Waals surface area contributed by atoms with Crippen molar-refractivity contribution < 1.29 is 4.79 Å². The molecule has 0 amide bonds. The maximum absolute atomic E-state index is 12.5. The number of fused-ring (bicyclic) bond motifs is 1. The lowest BCUT2D eigenvalue weighted by Crippen LogP contribution is -2.03. The lowest BCUT2D eigenvalue weighted by atomic mass is 9.98. The summed E-state index contributed by atoms with van der Waals surface area (Å²) < 4.78 is 0. The van der Waals surface area contributed by atoms with Crippen molar-refractivity contribution in [3.05, 3.63) is 58.2 Å². The van der Waals surface area contributed by atoms with Gasteiger partial charge in [0.15, 0.2) is 5.78 Å². The summed E-state index contributed by atoms with van der Waals surface area (Å²) in [6.07, 6.45) is 6.84. The maximum atomic E-state index is 12.5. The van der Waals surface area contributed by atoms with Crippen molar-refractivity contribution in [1.82, 2.24) is 0 Å². The number of ketones is 1. The highest BCUT2D eigenvalue weighted by molar-refractivity contribution is 6.10. The molecule has 1 aromatic carbocycles. The molecule has 18 heavy (non-hydrogen) atoms. The third-order valence-electron chi connectivity index (χ3n) is 3.49. The molecule has 0 saturated heterocycles. The number of Topliss-reactive ketones (excluding diaryl/α,β-unsaturated/α-hetero) is 1. The molecule has 0 fully saturated rings. The van der Waals surface area contributed by atoms with Gasteiger partial charge >= 0.3 is 0 Å². The second-order valence-electron chi connectivity index (χ2n) is 4.93. The average Bonchev–Trinajstić information content (AvgIpc) is 2.48. The van der Waals surface area contributed by atoms with Crippen LogP contribution in [0.15, 0.2) is 41.5 Å². The summed E-state index contributed by atoms with van der Waals surface area (Å²) in [5.41, 5.74) is 5.57. The molecule has 0 aliphatic heterocycles. The highest BCUT2D eigenvalue weighted by Gasteiger charge is 2.21. The van der Waals surface area contributed by atoms with Crippen LogP contribution in [0.25, 0.3) is 0 Å². The number of rotatable bonds is 1. The SMILES string of the molecule is CC=C1CC(=CCC)C(=O)c2ccc(C)cc2C1. The Morgan fingerprint density at radius 2 is 2.06 bits per heavy atom. The molecule has 0 spiro atoms. The van der Waals surface area contributed by atoms with Crippen LogP contribution in [0.4, 0.5) is 0 Å². The third kappa shape index (κ3) is 2.45. The van der Waals surface area contributed by atoms with Crippen molar-refractivity contribution in [3.63, 3.8) is 0 Å². The largest absolute Gasteiger partial charge is 0.289 e. The van der Waals surface area contributed by atoms with E-state index in [0.717, 1.165) is 30.4 Å². The van der Waals surface area contributed by atoms with Crippen LogP contribution in [-0.4, -0.2) is 5.78 Å². The third-order valence-corrected chi connectivity index (χ3v) is 3.49. The van der Waals surface area contributed by atoms with Crippen molar-refractivity contribution in [2.45, 2.75) is 40.0 Å². The van der Waals surface area contributed by atoms with Gasteiger partial charge in [-0.2, -0.15) is 0 Å². The number of allylic oxidation sites excluding steroid dienone is 4. The van der Waals surface area contributed by atoms with Crippen LogP contribution >= 0.6 is 0 Å². The summed E-state index contributed by atoms with van der Waals surface area (Å²) in [5, 5.41) is 0. The summed E-state index contributed by atoms with van der Waals surface area (Å²) in [5.74, 6) is 0.212. The molecule has 2 rings (SSSR count). The van der Waals surface area contributed by atoms with Crippen molar-refractivity contribution in [1.29, 1.82) is 0 Å². The number of carbonyl (C=O) groups excluding carboxylic acids is 1. The number of benzene rings is 1. The molecule has 0 atom stereocenters. The quantitative estimate of drug-likeness (QED) is 0.404. The Bertz CT molecular complexity index is 533. The lowest BCUT2D eigenvalue weighted by Gasteiger charge is -2.06. The first-order valence-corrected chi connectivity index (χ1v) is 6.63. The first-order valence-electron chi connectivity index (χ1n) is 6.63. The molecule has 1 nitrogen and oxygen atoms in total. The average molecular weight is 240 g/mol. The lowest BCUT2D eigenvalue weighted by molar-refractivity contribution is 0.103. The second-order valence-corrected chi connectivity index (χ2v) is 4.93. The minimum absolute atomic E-state index is 0.212. The molecule has 0 bridgehead atoms. The van der Waals surface area contributed by atoms with E-state index in [0.29, 0.717) is 0 Å². The van der Waals surface area contributed by atoms with Gasteiger partial charge in [-0.3, -0.25) is 4.79 Å². The minimum atomic E-state index is 0.212. The highest BCUT2D eigenvalue weighted by atomic mass is 16.1. The van der Waals surface area contributed by atoms with Crippen molar-refractivity contribution in [2.24, 2.45) is 0 Å². The number of carbonyl (C=O) groups is 1. The molecule has 0 aromatic heterocycles. The van der Waals surface area contributed by atoms with Crippen molar-refractivity contribution in [2.75, 3.05) is 0 Å². The van der Waals surface area contributed by atoms with Crippen LogP contribution in [0, 0.1) is 6.92 Å². The van der Waals surface area contributed by atoms with Crippen LogP contribution in [0.5, 0.6) is 0 Å². The molecule has 1 aliphatic carbocycles. The Morgan fingerprint density at radius 3 is 2.72 bits per heavy atom. The second kappa shape index (κ2) is 5.34. The van der Waals surface area contributed by atoms with E-state index in [1.54, 1.807) is 0 Å². The summed E-state index contributed by atoms with van der Waals surface area (Å²) in [6.45, 7) is 6.22. The molecule has 94 valence electrons. The van der Waals surface area contributed by atoms with E-state index in [9.17, 15) is 4.79 Å². The topological polar surface area (TPSA) is 17.1 Å². The maximum Gasteiger partial charge on any atom is 0.189 e. The Balaban J connectivity index is 2.56. The molecule has 0 radical (unpaired) electrons. The normalized spacial score (nSPS) is 20.1. The zero-order valence-electron chi connectivity index (χ0n) is 11.4. The molecule has 0 saturated carbocycles. The Hall–Kier alpha value is -1.63. The zero-order chi connectivity index (χ0) is 13.1. The van der Waals surface area contributed by atoms with E-state index in [1.807, 2.05) is 12.1 Å². The van der Waals surface area contributed by atoms with E-state index >= 15 is 0 Å². The number of aryl methyl sites for hydroxylation is 1. The zero-order valence-corrected chi connectivity index (χ0v) is 11.4. The van der Waals surface area contributed by atoms with Gasteiger partial charge in [-0.1, -0.05) is 48.4 Å². The molecule has 1 aromatic rings. The van der Waals surface area contributed by atoms with Crippen molar-refractivity contribution >= 4 is 5.78 Å². The Labute approximate surface area is 109 Å². The van der Waals surface area contributed by atoms with Crippen molar-refractivity contribution in [3.8, 4) is 0 Å². The first kappa shape index (κ1) is 12.8. The van der Waals surface area contributed by atoms with Crippen LogP contribution in [-0.2, 0) is 6.42 Å². The van der Waals surface area contributed by atoms with Crippen LogP contribution < -0.4 is 0 Å². The number of hydrogen-bond acceptors (Lipinski definition) is 1. The minimum Gasteiger partial charge on any atom is -0.289 e. The van der Waals surface area contributed by atoms with Gasteiger partial charge in [0.25, 0.3) is 0 Å². The van der Waals surface area contributed by atoms with E-state index < -0.39 is 0 Å². The summed E-state index contributed by atoms with van der Waals surface area (Å²) in [4.78, 5) is 12.5. The monoisotopic (exact) mass is 240 g/mol. The first-order chi connectivity index (χ1) is 8.65. The molecule has 0 heterocycles. The van der Waals surface area contributed by atoms with Gasteiger partial charge in [0, 0.05) is 11.1 Å². The fourth-order valence-electron chi connectivity index (χ4n) is 2.51. The number of hydrogen-bond donors (Lipinski definition) is 0. The van der Waals surface area contributed by atoms with Gasteiger partial charge in [0.2, 0.25) is 0 Å². The summed E-state index contributed by atoms with van der Waals surface area (Å²) >= 11 is 0. The van der Waals surface area contributed by atoms with Crippen LogP contribution in [0.1, 0.15) is 48.2 Å². The fourth-order valence-corrected chi connectivity index (χ4v) is 2.51. The van der Waals surface area contributed by atoms with E-state index in [1.165, 1.54) is 16.7 Å². The van der Waals surface area contributed by atoms with Crippen LogP contribution in [0.2, 0.25) is 0 Å². The predicted octanol–water partition coefficient (Wildman–Crippen LogP) is 4.41. The molecule has 0 unspecified atom stereocenters. The van der Waals surface area contributed by atoms with Gasteiger partial charge in [0.1, 0.15) is 0 Å². The smallest absolute Gasteiger partial charge is 0.189 e. The predicted molar refractivity (Wildman–Crippen MR) is 76.0 cm³/mol. The molecule has 1 heteroatoms. The molecule has 0 N–H and O–H groups in total. The fraction of sp³-hybridized carbons (Fsp3) is 0.353. The van der Waals surface area contributed by atoms with E-state index in [2.05, 4.69) is 39.0 Å². The summed E-state index contributed by atoms with van der Waals surface area (Å²) in [7, 11) is 0. The molecule has 1 aliphatic rings. The van der Waals surface area contributed by atoms with Gasteiger partial charge < -0.3 is 0 Å². The highest BCUT2D eigenvalue weighted by Crippen LogP contribution is 2.28. The Morgan fingerprint density at radius 1 is 1.28 bits per heavy atom. The van der Waals surface area contributed by atoms with Gasteiger partial charge in [-0.15, -0.1) is 0 Å². The van der Waals surface area contributed by atoms with Crippen LogP contribution in [0.3, 0.4) is 0 Å². The van der Waals surface area contributed by atoms with Gasteiger partial charge in [-0.05, 0) is 38.7 Å². The van der Waals surface area contributed by atoms with Gasteiger partial charge in [-0.25, -0.2) is 0 Å². The molecular weight excluding hydrogens is 220 g/mol. The Kier molecular flexibility index (Phi) is 3.81. The molecular formula is C17H20O. The standard InChI is InChI=1S/C17H20O/c1-4-6-14-10-13(5-2)11-15-9-12(3)7-8-16(15)17(14)18/h5-9H,4,10-11H2,1-3H3. The summed E-state index contributed by atoms with van der Waals surface area (Å²) in [6, 6.07) is 6.15. The van der Waals surface area contributed by atoms with E-state index in [4.69, 9.17) is 0 Å². The van der Waals surface area contributed by atoms with Gasteiger partial charge in [0.05, 0.1) is 0 Å².